The Labute approximate surface area is 174 Å². The molecule has 144 valence electrons. The van der Waals surface area contributed by atoms with Crippen molar-refractivity contribution < 1.29 is 4.79 Å². The van der Waals surface area contributed by atoms with E-state index in [0.29, 0.717) is 12.0 Å². The van der Waals surface area contributed by atoms with Crippen LogP contribution in [0.2, 0.25) is 0 Å². The van der Waals surface area contributed by atoms with Crippen LogP contribution in [0, 0.1) is 27.7 Å². The van der Waals surface area contributed by atoms with Gasteiger partial charge in [0.1, 0.15) is 0 Å². The summed E-state index contributed by atoms with van der Waals surface area (Å²) in [5.41, 5.74) is 10.5. The standard InChI is InChI=1S/C23H24BrN3O/c1-15-6-5-7-16(2)22(15)27-17(3)14-20(18(27)4)12-13-25-26-23(28)19-8-10-21(24)11-9-19/h5-11,13-14H,12H2,1-4H3,(H,26,28)/b25-13+. The summed E-state index contributed by atoms with van der Waals surface area (Å²) in [7, 11) is 0. The zero-order valence-corrected chi connectivity index (χ0v) is 18.2. The molecule has 0 fully saturated rings. The molecule has 0 saturated heterocycles. The van der Waals surface area contributed by atoms with E-state index in [9.17, 15) is 4.79 Å². The number of halogens is 1. The number of rotatable bonds is 5. The van der Waals surface area contributed by atoms with Crippen molar-refractivity contribution in [2.75, 3.05) is 0 Å². The quantitative estimate of drug-likeness (QED) is 0.419. The molecule has 0 aliphatic heterocycles. The maximum absolute atomic E-state index is 12.1. The molecule has 1 heterocycles. The number of nitrogens with zero attached hydrogens (tertiary/aromatic N) is 2. The number of aryl methyl sites for hydroxylation is 3. The van der Waals surface area contributed by atoms with Gasteiger partial charge in [-0.3, -0.25) is 4.79 Å². The van der Waals surface area contributed by atoms with Gasteiger partial charge < -0.3 is 4.57 Å². The Bertz CT molecular complexity index is 1010. The van der Waals surface area contributed by atoms with Gasteiger partial charge >= 0.3 is 0 Å². The van der Waals surface area contributed by atoms with Crippen molar-refractivity contribution in [3.8, 4) is 5.69 Å². The Morgan fingerprint density at radius 1 is 1.07 bits per heavy atom. The van der Waals surface area contributed by atoms with Crippen LogP contribution in [0.3, 0.4) is 0 Å². The molecule has 0 spiro atoms. The molecule has 1 aromatic heterocycles. The van der Waals surface area contributed by atoms with Crippen LogP contribution in [0.15, 0.2) is 58.1 Å². The van der Waals surface area contributed by atoms with Crippen molar-refractivity contribution in [3.63, 3.8) is 0 Å². The first kappa shape index (κ1) is 20.1. The topological polar surface area (TPSA) is 46.4 Å². The zero-order chi connectivity index (χ0) is 20.3. The minimum absolute atomic E-state index is 0.218. The lowest BCUT2D eigenvalue weighted by Gasteiger charge is -2.15. The Balaban J connectivity index is 1.73. The molecule has 0 aliphatic rings. The van der Waals surface area contributed by atoms with Gasteiger partial charge in [-0.2, -0.15) is 5.10 Å². The number of benzene rings is 2. The lowest BCUT2D eigenvalue weighted by atomic mass is 10.1. The Morgan fingerprint density at radius 3 is 2.36 bits per heavy atom. The Kier molecular flexibility index (Phi) is 6.15. The highest BCUT2D eigenvalue weighted by atomic mass is 79.9. The predicted molar refractivity (Wildman–Crippen MR) is 119 cm³/mol. The van der Waals surface area contributed by atoms with E-state index in [0.717, 1.165) is 4.47 Å². The smallest absolute Gasteiger partial charge is 0.271 e. The van der Waals surface area contributed by atoms with Crippen LogP contribution in [-0.4, -0.2) is 16.7 Å². The molecule has 1 amide bonds. The van der Waals surface area contributed by atoms with Gasteiger partial charge in [-0.1, -0.05) is 34.1 Å². The summed E-state index contributed by atoms with van der Waals surface area (Å²) >= 11 is 3.36. The van der Waals surface area contributed by atoms with Crippen molar-refractivity contribution in [2.45, 2.75) is 34.1 Å². The Hall–Kier alpha value is -2.66. The maximum atomic E-state index is 12.1. The van der Waals surface area contributed by atoms with Gasteiger partial charge in [0.15, 0.2) is 0 Å². The van der Waals surface area contributed by atoms with Gasteiger partial charge in [-0.15, -0.1) is 0 Å². The first-order valence-corrected chi connectivity index (χ1v) is 9.99. The number of carbonyl (C=O) groups excluding carboxylic acids is 1. The minimum atomic E-state index is -0.218. The van der Waals surface area contributed by atoms with Crippen LogP contribution in [-0.2, 0) is 6.42 Å². The van der Waals surface area contributed by atoms with Gasteiger partial charge in [0.25, 0.3) is 5.91 Å². The molecule has 2 aromatic carbocycles. The maximum Gasteiger partial charge on any atom is 0.271 e. The molecule has 0 aliphatic carbocycles. The summed E-state index contributed by atoms with van der Waals surface area (Å²) in [6.45, 7) is 8.53. The number of hydrazone groups is 1. The number of hydrogen-bond acceptors (Lipinski definition) is 2. The second-order valence-corrected chi connectivity index (χ2v) is 7.85. The summed E-state index contributed by atoms with van der Waals surface area (Å²) in [6, 6.07) is 15.7. The van der Waals surface area contributed by atoms with Crippen LogP contribution in [0.5, 0.6) is 0 Å². The second kappa shape index (κ2) is 8.57. The summed E-state index contributed by atoms with van der Waals surface area (Å²) in [5, 5.41) is 4.11. The molecule has 0 bridgehead atoms. The molecule has 3 rings (SSSR count). The van der Waals surface area contributed by atoms with Crippen LogP contribution in [0.25, 0.3) is 5.69 Å². The van der Waals surface area contributed by atoms with E-state index in [-0.39, 0.29) is 5.91 Å². The van der Waals surface area contributed by atoms with Crippen LogP contribution < -0.4 is 5.43 Å². The molecular formula is C23H24BrN3O. The van der Waals surface area contributed by atoms with Gasteiger partial charge in [0.05, 0.1) is 5.69 Å². The van der Waals surface area contributed by atoms with E-state index in [1.807, 2.05) is 12.1 Å². The zero-order valence-electron chi connectivity index (χ0n) is 16.6. The summed E-state index contributed by atoms with van der Waals surface area (Å²) in [6.07, 6.45) is 2.40. The number of aromatic nitrogens is 1. The van der Waals surface area contributed by atoms with Crippen molar-refractivity contribution in [1.29, 1.82) is 0 Å². The van der Waals surface area contributed by atoms with Gasteiger partial charge in [-0.05, 0) is 74.7 Å². The van der Waals surface area contributed by atoms with Gasteiger partial charge in [-0.25, -0.2) is 5.43 Å². The summed E-state index contributed by atoms with van der Waals surface area (Å²) < 4.78 is 3.24. The van der Waals surface area contributed by atoms with E-state index in [4.69, 9.17) is 0 Å². The monoisotopic (exact) mass is 437 g/mol. The van der Waals surface area contributed by atoms with Crippen LogP contribution >= 0.6 is 15.9 Å². The fourth-order valence-corrected chi connectivity index (χ4v) is 3.72. The molecule has 28 heavy (non-hydrogen) atoms. The second-order valence-electron chi connectivity index (χ2n) is 6.94. The van der Waals surface area contributed by atoms with Crippen molar-refractivity contribution in [2.24, 2.45) is 5.10 Å². The molecule has 1 N–H and O–H groups in total. The van der Waals surface area contributed by atoms with E-state index < -0.39 is 0 Å². The van der Waals surface area contributed by atoms with Gasteiger partial charge in [0.2, 0.25) is 0 Å². The molecule has 0 atom stereocenters. The number of amides is 1. The lowest BCUT2D eigenvalue weighted by Crippen LogP contribution is -2.17. The molecule has 4 nitrogen and oxygen atoms in total. The minimum Gasteiger partial charge on any atom is -0.318 e. The fourth-order valence-electron chi connectivity index (χ4n) is 3.45. The van der Waals surface area contributed by atoms with Gasteiger partial charge in [0, 0.05) is 34.1 Å². The first-order chi connectivity index (χ1) is 13.4. The summed E-state index contributed by atoms with van der Waals surface area (Å²) in [5.74, 6) is -0.218. The van der Waals surface area contributed by atoms with E-state index in [1.54, 1.807) is 18.3 Å². The average molecular weight is 438 g/mol. The fraction of sp³-hybridized carbons (Fsp3) is 0.217. The molecular weight excluding hydrogens is 414 g/mol. The largest absolute Gasteiger partial charge is 0.318 e. The molecule has 5 heteroatoms. The lowest BCUT2D eigenvalue weighted by molar-refractivity contribution is 0.0955. The highest BCUT2D eigenvalue weighted by molar-refractivity contribution is 9.10. The number of carbonyl (C=O) groups is 1. The SMILES string of the molecule is Cc1cccc(C)c1-n1c(C)cc(C/C=N/NC(=O)c2ccc(Br)cc2)c1C. The molecule has 0 unspecified atom stereocenters. The van der Waals surface area contributed by atoms with Crippen LogP contribution in [0.1, 0.15) is 38.4 Å². The predicted octanol–water partition coefficient (Wildman–Crippen LogP) is 5.43. The normalized spacial score (nSPS) is 11.2. The van der Waals surface area contributed by atoms with E-state index in [1.165, 1.54) is 33.8 Å². The highest BCUT2D eigenvalue weighted by Crippen LogP contribution is 2.26. The third-order valence-electron chi connectivity index (χ3n) is 4.87. The van der Waals surface area contributed by atoms with Crippen molar-refractivity contribution in [3.05, 3.63) is 86.6 Å². The molecule has 0 radical (unpaired) electrons. The number of nitrogens with one attached hydrogen (secondary N) is 1. The molecule has 0 saturated carbocycles. The number of para-hydroxylation sites is 1. The van der Waals surface area contributed by atoms with Crippen molar-refractivity contribution >= 4 is 28.1 Å². The summed E-state index contributed by atoms with van der Waals surface area (Å²) in [4.78, 5) is 12.1. The van der Waals surface area contributed by atoms with E-state index >= 15 is 0 Å². The van der Waals surface area contributed by atoms with Crippen LogP contribution in [0.4, 0.5) is 0 Å². The molecule has 3 aromatic rings. The average Bonchev–Trinajstić information content (AvgIpc) is 2.93. The Morgan fingerprint density at radius 2 is 1.71 bits per heavy atom. The third-order valence-corrected chi connectivity index (χ3v) is 5.40. The number of hydrogen-bond donors (Lipinski definition) is 1. The van der Waals surface area contributed by atoms with E-state index in [2.05, 4.69) is 83.0 Å². The highest BCUT2D eigenvalue weighted by Gasteiger charge is 2.13. The first-order valence-electron chi connectivity index (χ1n) is 9.20. The third kappa shape index (κ3) is 4.25. The van der Waals surface area contributed by atoms with Crippen molar-refractivity contribution in [1.82, 2.24) is 9.99 Å².